The van der Waals surface area contributed by atoms with Gasteiger partial charge in [-0.2, -0.15) is 0 Å². The fourth-order valence-electron chi connectivity index (χ4n) is 2.05. The van der Waals surface area contributed by atoms with Crippen molar-refractivity contribution in [3.05, 3.63) is 24.3 Å². The summed E-state index contributed by atoms with van der Waals surface area (Å²) in [4.78, 5) is 12.0. The minimum atomic E-state index is -0.298. The van der Waals surface area contributed by atoms with Crippen molar-refractivity contribution in [2.75, 3.05) is 19.0 Å². The van der Waals surface area contributed by atoms with E-state index in [1.807, 2.05) is 45.0 Å². The maximum Gasteiger partial charge on any atom is 0.225 e. The van der Waals surface area contributed by atoms with Gasteiger partial charge in [0.25, 0.3) is 0 Å². The summed E-state index contributed by atoms with van der Waals surface area (Å²) in [7, 11) is 1.61. The number of nitrogens with one attached hydrogen (secondary N) is 2. The Hall–Kier alpha value is -1.59. The summed E-state index contributed by atoms with van der Waals surface area (Å²) in [6, 6.07) is 7.31. The molecule has 0 aromatic heterocycles. The van der Waals surface area contributed by atoms with Crippen LogP contribution in [0.25, 0.3) is 0 Å². The van der Waals surface area contributed by atoms with E-state index in [4.69, 9.17) is 4.74 Å². The molecule has 5 nitrogen and oxygen atoms in total. The van der Waals surface area contributed by atoms with Crippen LogP contribution in [0.5, 0.6) is 5.75 Å². The Kier molecular flexibility index (Phi) is 7.91. The van der Waals surface area contributed by atoms with Crippen molar-refractivity contribution >= 4 is 11.6 Å². The normalized spacial score (nSPS) is 13.7. The summed E-state index contributed by atoms with van der Waals surface area (Å²) >= 11 is 0. The predicted molar refractivity (Wildman–Crippen MR) is 89.2 cm³/mol. The van der Waals surface area contributed by atoms with Crippen LogP contribution in [-0.2, 0) is 4.79 Å². The van der Waals surface area contributed by atoms with Crippen molar-refractivity contribution in [2.45, 2.75) is 45.8 Å². The van der Waals surface area contributed by atoms with Crippen molar-refractivity contribution in [2.24, 2.45) is 5.92 Å². The number of anilines is 1. The van der Waals surface area contributed by atoms with Crippen LogP contribution < -0.4 is 15.4 Å². The fraction of sp³-hybridized carbons (Fsp3) is 0.588. The smallest absolute Gasteiger partial charge is 0.225 e. The average Bonchev–Trinajstić information content (AvgIpc) is 2.47. The lowest BCUT2D eigenvalue weighted by Crippen LogP contribution is -2.33. The number of carbonyl (C=O) groups excluding carboxylic acids is 1. The van der Waals surface area contributed by atoms with E-state index in [0.717, 1.165) is 11.4 Å². The fourth-order valence-corrected chi connectivity index (χ4v) is 2.05. The molecule has 0 heterocycles. The van der Waals surface area contributed by atoms with Gasteiger partial charge in [-0.05, 0) is 50.1 Å². The van der Waals surface area contributed by atoms with Gasteiger partial charge in [-0.15, -0.1) is 0 Å². The van der Waals surface area contributed by atoms with E-state index in [-0.39, 0.29) is 24.0 Å². The number of hydrogen-bond donors (Lipinski definition) is 3. The first-order valence-corrected chi connectivity index (χ1v) is 7.77. The van der Waals surface area contributed by atoms with E-state index in [2.05, 4.69) is 10.6 Å². The van der Waals surface area contributed by atoms with Gasteiger partial charge >= 0.3 is 0 Å². The quantitative estimate of drug-likeness (QED) is 0.655. The largest absolute Gasteiger partial charge is 0.497 e. The number of benzene rings is 1. The summed E-state index contributed by atoms with van der Waals surface area (Å²) in [5.74, 6) is 0.988. The number of hydrogen-bond acceptors (Lipinski definition) is 4. The van der Waals surface area contributed by atoms with E-state index in [1.54, 1.807) is 7.11 Å². The van der Waals surface area contributed by atoms with E-state index in [9.17, 15) is 9.90 Å². The van der Waals surface area contributed by atoms with Crippen molar-refractivity contribution < 1.29 is 14.6 Å². The molecule has 0 aliphatic heterocycles. The summed E-state index contributed by atoms with van der Waals surface area (Å²) in [6.07, 6.45) is 0.791. The van der Waals surface area contributed by atoms with Crippen LogP contribution in [0.2, 0.25) is 0 Å². The molecule has 22 heavy (non-hydrogen) atoms. The number of methoxy groups -OCH3 is 1. The molecule has 1 rings (SSSR count). The highest BCUT2D eigenvalue weighted by atomic mass is 16.5. The molecule has 2 unspecified atom stereocenters. The van der Waals surface area contributed by atoms with Crippen LogP contribution in [0.4, 0.5) is 5.69 Å². The second-order valence-electron chi connectivity index (χ2n) is 5.94. The highest BCUT2D eigenvalue weighted by Gasteiger charge is 2.12. The summed E-state index contributed by atoms with van der Waals surface area (Å²) in [5.41, 5.74) is 0.758. The number of carbonyl (C=O) groups is 1. The van der Waals surface area contributed by atoms with Crippen LogP contribution in [-0.4, -0.2) is 36.8 Å². The first-order valence-electron chi connectivity index (χ1n) is 7.77. The van der Waals surface area contributed by atoms with Gasteiger partial charge in [0.2, 0.25) is 5.91 Å². The van der Waals surface area contributed by atoms with Crippen molar-refractivity contribution in [1.29, 1.82) is 0 Å². The Morgan fingerprint density at radius 1 is 1.23 bits per heavy atom. The van der Waals surface area contributed by atoms with Crippen molar-refractivity contribution in [3.8, 4) is 5.75 Å². The van der Waals surface area contributed by atoms with E-state index < -0.39 is 0 Å². The number of aliphatic hydroxyl groups is 1. The SMILES string of the molecule is COc1ccc(NC(=O)CC(C)NCCC(O)C(C)C)cc1. The first-order chi connectivity index (χ1) is 10.4. The van der Waals surface area contributed by atoms with Crippen molar-refractivity contribution in [1.82, 2.24) is 5.32 Å². The zero-order valence-electron chi connectivity index (χ0n) is 13.9. The second kappa shape index (κ2) is 9.43. The molecule has 3 N–H and O–H groups in total. The van der Waals surface area contributed by atoms with Gasteiger partial charge in [0.1, 0.15) is 5.75 Å². The highest BCUT2D eigenvalue weighted by molar-refractivity contribution is 5.91. The first kappa shape index (κ1) is 18.5. The monoisotopic (exact) mass is 308 g/mol. The molecule has 1 aromatic rings. The molecule has 0 aliphatic rings. The lowest BCUT2D eigenvalue weighted by Gasteiger charge is -2.17. The molecule has 124 valence electrons. The van der Waals surface area contributed by atoms with E-state index in [0.29, 0.717) is 19.4 Å². The zero-order chi connectivity index (χ0) is 16.5. The lowest BCUT2D eigenvalue weighted by atomic mass is 10.0. The minimum absolute atomic E-state index is 0.0328. The third-order valence-corrected chi connectivity index (χ3v) is 3.57. The molecule has 0 radical (unpaired) electrons. The van der Waals surface area contributed by atoms with Gasteiger partial charge in [0.05, 0.1) is 13.2 Å². The zero-order valence-corrected chi connectivity index (χ0v) is 13.9. The third-order valence-electron chi connectivity index (χ3n) is 3.57. The molecular formula is C17H28N2O3. The van der Waals surface area contributed by atoms with Crippen LogP contribution in [0.3, 0.4) is 0 Å². The molecule has 1 aromatic carbocycles. The maximum absolute atomic E-state index is 12.0. The number of ether oxygens (including phenoxy) is 1. The third kappa shape index (κ3) is 6.91. The number of rotatable bonds is 9. The minimum Gasteiger partial charge on any atom is -0.497 e. The summed E-state index contributed by atoms with van der Waals surface area (Å²) < 4.78 is 5.08. The molecule has 0 bridgehead atoms. The molecule has 0 saturated heterocycles. The Bertz CT molecular complexity index is 446. The van der Waals surface area contributed by atoms with E-state index in [1.165, 1.54) is 0 Å². The molecular weight excluding hydrogens is 280 g/mol. The van der Waals surface area contributed by atoms with E-state index >= 15 is 0 Å². The van der Waals surface area contributed by atoms with Gasteiger partial charge in [-0.25, -0.2) is 0 Å². The molecule has 2 atom stereocenters. The number of aliphatic hydroxyl groups excluding tert-OH is 1. The molecule has 0 aliphatic carbocycles. The van der Waals surface area contributed by atoms with Crippen LogP contribution in [0, 0.1) is 5.92 Å². The Morgan fingerprint density at radius 3 is 2.41 bits per heavy atom. The van der Waals surface area contributed by atoms with Crippen LogP contribution in [0.15, 0.2) is 24.3 Å². The molecule has 0 spiro atoms. The highest BCUT2D eigenvalue weighted by Crippen LogP contribution is 2.15. The Labute approximate surface area is 133 Å². The predicted octanol–water partition coefficient (Wildman–Crippen LogP) is 2.41. The van der Waals surface area contributed by atoms with Gasteiger partial charge in [-0.3, -0.25) is 4.79 Å². The van der Waals surface area contributed by atoms with Crippen LogP contribution >= 0.6 is 0 Å². The summed E-state index contributed by atoms with van der Waals surface area (Å²) in [6.45, 7) is 6.67. The van der Waals surface area contributed by atoms with Gasteiger partial charge in [0.15, 0.2) is 0 Å². The molecule has 0 saturated carbocycles. The average molecular weight is 308 g/mol. The molecule has 5 heteroatoms. The van der Waals surface area contributed by atoms with Gasteiger partial charge in [-0.1, -0.05) is 13.8 Å². The van der Waals surface area contributed by atoms with Crippen LogP contribution in [0.1, 0.15) is 33.6 Å². The second-order valence-corrected chi connectivity index (χ2v) is 5.94. The topological polar surface area (TPSA) is 70.6 Å². The van der Waals surface area contributed by atoms with Gasteiger partial charge < -0.3 is 20.5 Å². The Balaban J connectivity index is 2.28. The molecule has 0 fully saturated rings. The standard InChI is InChI=1S/C17H28N2O3/c1-12(2)16(20)9-10-18-13(3)11-17(21)19-14-5-7-15(22-4)8-6-14/h5-8,12-13,16,18,20H,9-11H2,1-4H3,(H,19,21). The summed E-state index contributed by atoms with van der Waals surface area (Å²) in [5, 5.41) is 15.8. The Morgan fingerprint density at radius 2 is 1.86 bits per heavy atom. The van der Waals surface area contributed by atoms with Gasteiger partial charge in [0, 0.05) is 18.2 Å². The number of amides is 1. The molecule has 1 amide bonds. The van der Waals surface area contributed by atoms with Crippen molar-refractivity contribution in [3.63, 3.8) is 0 Å². The maximum atomic E-state index is 12.0. The lowest BCUT2D eigenvalue weighted by molar-refractivity contribution is -0.116.